The van der Waals surface area contributed by atoms with Crippen LogP contribution in [0, 0.1) is 5.92 Å². The van der Waals surface area contributed by atoms with Gasteiger partial charge in [-0.2, -0.15) is 0 Å². The first-order valence-electron chi connectivity index (χ1n) is 10.3. The fraction of sp³-hybridized carbons (Fsp3) is 0.476. The van der Waals surface area contributed by atoms with Crippen molar-refractivity contribution in [1.29, 1.82) is 0 Å². The molecule has 1 atom stereocenters. The molecule has 2 N–H and O–H groups in total. The Balaban J connectivity index is 1.44. The first-order chi connectivity index (χ1) is 15.0. The molecule has 31 heavy (non-hydrogen) atoms. The molecule has 1 aliphatic heterocycles. The van der Waals surface area contributed by atoms with Crippen LogP contribution in [0.1, 0.15) is 41.6 Å². The van der Waals surface area contributed by atoms with Gasteiger partial charge in [-0.3, -0.25) is 14.4 Å². The van der Waals surface area contributed by atoms with E-state index in [0.29, 0.717) is 47.5 Å². The lowest BCUT2D eigenvalue weighted by Crippen LogP contribution is -2.29. The van der Waals surface area contributed by atoms with Gasteiger partial charge < -0.3 is 20.3 Å². The van der Waals surface area contributed by atoms with Crippen molar-refractivity contribution in [2.75, 3.05) is 32.1 Å². The summed E-state index contributed by atoms with van der Waals surface area (Å²) in [5.74, 6) is -0.122. The fourth-order valence-electron chi connectivity index (χ4n) is 3.27. The minimum atomic E-state index is -0.362. The summed E-state index contributed by atoms with van der Waals surface area (Å²) in [6.07, 6.45) is 2.68. The van der Waals surface area contributed by atoms with Gasteiger partial charge in [-0.15, -0.1) is 10.2 Å². The van der Waals surface area contributed by atoms with Gasteiger partial charge in [-0.1, -0.05) is 30.7 Å². The topological polar surface area (TPSA) is 114 Å². The summed E-state index contributed by atoms with van der Waals surface area (Å²) in [5, 5.41) is 14.8. The molecule has 0 radical (unpaired) electrons. The van der Waals surface area contributed by atoms with E-state index < -0.39 is 0 Å². The summed E-state index contributed by atoms with van der Waals surface area (Å²) in [5.41, 5.74) is 0.517. The molecule has 1 fully saturated rings. The lowest BCUT2D eigenvalue weighted by Gasteiger charge is -2.15. The second-order valence-electron chi connectivity index (χ2n) is 7.32. The molecule has 1 aromatic carbocycles. The van der Waals surface area contributed by atoms with Gasteiger partial charge in [0.05, 0.1) is 13.0 Å². The first-order valence-corrected chi connectivity index (χ1v) is 11.1. The minimum Gasteiger partial charge on any atom is -0.497 e. The van der Waals surface area contributed by atoms with E-state index in [2.05, 4.69) is 27.8 Å². The van der Waals surface area contributed by atoms with Crippen molar-refractivity contribution in [3.8, 4) is 5.75 Å². The molecule has 1 aromatic heterocycles. The molecule has 2 aromatic rings. The normalized spacial score (nSPS) is 15.7. The number of ether oxygens (including phenoxy) is 1. The quantitative estimate of drug-likeness (QED) is 0.579. The molecular formula is C21H27N5O4S. The van der Waals surface area contributed by atoms with Crippen LogP contribution < -0.4 is 15.4 Å². The summed E-state index contributed by atoms with van der Waals surface area (Å²) in [7, 11) is 1.55. The van der Waals surface area contributed by atoms with Crippen molar-refractivity contribution in [3.63, 3.8) is 0 Å². The number of carbonyl (C=O) groups excluding carboxylic acids is 3. The highest BCUT2D eigenvalue weighted by Crippen LogP contribution is 2.22. The number of methoxy groups -OCH3 is 1. The predicted octanol–water partition coefficient (Wildman–Crippen LogP) is 2.11. The molecule has 1 unspecified atom stereocenters. The maximum Gasteiger partial charge on any atom is 0.251 e. The van der Waals surface area contributed by atoms with Gasteiger partial charge in [-0.25, -0.2) is 0 Å². The molecule has 0 spiro atoms. The van der Waals surface area contributed by atoms with Crippen LogP contribution in [0.2, 0.25) is 0 Å². The van der Waals surface area contributed by atoms with E-state index in [0.717, 1.165) is 12.8 Å². The third-order valence-electron chi connectivity index (χ3n) is 5.02. The van der Waals surface area contributed by atoms with Crippen molar-refractivity contribution in [1.82, 2.24) is 20.4 Å². The van der Waals surface area contributed by atoms with Crippen LogP contribution in [0.5, 0.6) is 5.75 Å². The highest BCUT2D eigenvalue weighted by atomic mass is 32.1. The number of amides is 3. The molecule has 3 rings (SSSR count). The van der Waals surface area contributed by atoms with E-state index in [9.17, 15) is 14.4 Å². The molecule has 9 nitrogen and oxygen atoms in total. The van der Waals surface area contributed by atoms with Crippen molar-refractivity contribution in [2.45, 2.75) is 32.6 Å². The smallest absolute Gasteiger partial charge is 0.251 e. The number of carbonyl (C=O) groups is 3. The predicted molar refractivity (Wildman–Crippen MR) is 117 cm³/mol. The Morgan fingerprint density at radius 1 is 1.32 bits per heavy atom. The zero-order valence-corrected chi connectivity index (χ0v) is 18.5. The standard InChI is InChI=1S/C21H27N5O4S/c1-3-4-10-26-13-15(12-18(26)27)20(29)23-21-25-24-17(31-21)8-9-22-19(28)14-6-5-7-16(11-14)30-2/h5-7,11,15H,3-4,8-10,12-13H2,1-2H3,(H,22,28)(H,23,25,29). The highest BCUT2D eigenvalue weighted by Gasteiger charge is 2.34. The van der Waals surface area contributed by atoms with Gasteiger partial charge in [0.15, 0.2) is 0 Å². The van der Waals surface area contributed by atoms with Crippen molar-refractivity contribution < 1.29 is 19.1 Å². The molecule has 0 saturated carbocycles. The SMILES string of the molecule is CCCCN1CC(C(=O)Nc2nnc(CCNC(=O)c3cccc(OC)c3)s2)CC1=O. The number of unbranched alkanes of at least 4 members (excludes halogenated alkanes) is 1. The first kappa shape index (κ1) is 22.7. The van der Waals surface area contributed by atoms with Crippen molar-refractivity contribution >= 4 is 34.2 Å². The summed E-state index contributed by atoms with van der Waals surface area (Å²) in [4.78, 5) is 38.5. The van der Waals surface area contributed by atoms with Crippen LogP contribution >= 0.6 is 11.3 Å². The number of aromatic nitrogens is 2. The maximum atomic E-state index is 12.5. The molecule has 0 aliphatic carbocycles. The Kier molecular flexibility index (Phi) is 7.94. The Morgan fingerprint density at radius 3 is 2.94 bits per heavy atom. The van der Waals surface area contributed by atoms with Gasteiger partial charge in [0, 0.05) is 38.0 Å². The van der Waals surface area contributed by atoms with Gasteiger partial charge in [0.25, 0.3) is 5.91 Å². The number of nitrogens with one attached hydrogen (secondary N) is 2. The zero-order chi connectivity index (χ0) is 22.2. The van der Waals surface area contributed by atoms with E-state index in [-0.39, 0.29) is 30.1 Å². The lowest BCUT2D eigenvalue weighted by atomic mass is 10.1. The second kappa shape index (κ2) is 10.9. The maximum absolute atomic E-state index is 12.5. The van der Waals surface area contributed by atoms with Crippen LogP contribution in [-0.2, 0) is 16.0 Å². The van der Waals surface area contributed by atoms with E-state index in [1.165, 1.54) is 11.3 Å². The fourth-order valence-corrected chi connectivity index (χ4v) is 4.02. The molecule has 2 heterocycles. The van der Waals surface area contributed by atoms with Gasteiger partial charge >= 0.3 is 0 Å². The Bertz CT molecular complexity index is 932. The van der Waals surface area contributed by atoms with E-state index in [1.54, 1.807) is 36.3 Å². The largest absolute Gasteiger partial charge is 0.497 e. The van der Waals surface area contributed by atoms with Crippen LogP contribution in [0.4, 0.5) is 5.13 Å². The summed E-state index contributed by atoms with van der Waals surface area (Å²) in [6, 6.07) is 6.92. The molecule has 3 amide bonds. The van der Waals surface area contributed by atoms with E-state index >= 15 is 0 Å². The Hall–Kier alpha value is -3.01. The van der Waals surface area contributed by atoms with E-state index in [1.807, 2.05) is 0 Å². The van der Waals surface area contributed by atoms with Crippen LogP contribution in [0.25, 0.3) is 0 Å². The molecule has 0 bridgehead atoms. The number of rotatable bonds is 10. The van der Waals surface area contributed by atoms with Crippen LogP contribution in [0.15, 0.2) is 24.3 Å². The molecule has 10 heteroatoms. The Morgan fingerprint density at radius 2 is 2.16 bits per heavy atom. The van der Waals surface area contributed by atoms with Crippen molar-refractivity contribution in [3.05, 3.63) is 34.8 Å². The lowest BCUT2D eigenvalue weighted by molar-refractivity contribution is -0.128. The van der Waals surface area contributed by atoms with Gasteiger partial charge in [0.1, 0.15) is 10.8 Å². The third kappa shape index (κ3) is 6.24. The van der Waals surface area contributed by atoms with Crippen LogP contribution in [0.3, 0.4) is 0 Å². The number of hydrogen-bond donors (Lipinski definition) is 2. The van der Waals surface area contributed by atoms with Crippen LogP contribution in [-0.4, -0.2) is 59.6 Å². The molecular weight excluding hydrogens is 418 g/mol. The summed E-state index contributed by atoms with van der Waals surface area (Å²) < 4.78 is 5.13. The zero-order valence-electron chi connectivity index (χ0n) is 17.7. The average molecular weight is 446 g/mol. The highest BCUT2D eigenvalue weighted by molar-refractivity contribution is 7.15. The van der Waals surface area contributed by atoms with E-state index in [4.69, 9.17) is 4.74 Å². The minimum absolute atomic E-state index is 0.0262. The number of anilines is 1. The van der Waals surface area contributed by atoms with Crippen molar-refractivity contribution in [2.24, 2.45) is 5.92 Å². The number of benzene rings is 1. The molecule has 1 saturated heterocycles. The summed E-state index contributed by atoms with van der Waals surface area (Å²) in [6.45, 7) is 3.61. The number of nitrogens with zero attached hydrogens (tertiary/aromatic N) is 3. The average Bonchev–Trinajstić information content (AvgIpc) is 3.38. The number of hydrogen-bond acceptors (Lipinski definition) is 7. The molecule has 1 aliphatic rings. The second-order valence-corrected chi connectivity index (χ2v) is 8.38. The third-order valence-corrected chi connectivity index (χ3v) is 5.92. The van der Waals surface area contributed by atoms with Gasteiger partial charge in [-0.05, 0) is 24.6 Å². The number of likely N-dealkylation sites (tertiary alicyclic amines) is 1. The summed E-state index contributed by atoms with van der Waals surface area (Å²) >= 11 is 1.27. The Labute approximate surface area is 185 Å². The van der Waals surface area contributed by atoms with Gasteiger partial charge in [0.2, 0.25) is 16.9 Å². The monoisotopic (exact) mass is 445 g/mol. The molecule has 166 valence electrons.